The highest BCUT2D eigenvalue weighted by atomic mass is 16.4. The molecule has 0 bridgehead atoms. The summed E-state index contributed by atoms with van der Waals surface area (Å²) in [6.45, 7) is 5.36. The van der Waals surface area contributed by atoms with E-state index in [1.54, 1.807) is 51.1 Å². The number of carboxylic acid groups (broad SMARTS) is 1. The molecule has 3 rings (SSSR count). The van der Waals surface area contributed by atoms with Gasteiger partial charge in [0.2, 0.25) is 0 Å². The minimum absolute atomic E-state index is 0.00701. The van der Waals surface area contributed by atoms with E-state index in [1.165, 1.54) is 4.90 Å². The summed E-state index contributed by atoms with van der Waals surface area (Å²) in [4.78, 5) is 26.5. The molecular weight excluding hydrogens is 534 g/mol. The summed E-state index contributed by atoms with van der Waals surface area (Å²) >= 11 is 0. The van der Waals surface area contributed by atoms with Gasteiger partial charge in [-0.15, -0.1) is 0 Å². The minimum Gasteiger partial charge on any atom is -0.465 e. The minimum atomic E-state index is -1.40. The van der Waals surface area contributed by atoms with Crippen LogP contribution in [-0.2, 0) is 17.6 Å². The van der Waals surface area contributed by atoms with Gasteiger partial charge in [-0.05, 0) is 50.3 Å². The van der Waals surface area contributed by atoms with Crippen molar-refractivity contribution in [1.29, 1.82) is 0 Å². The number of hydrogen-bond donors (Lipinski definition) is 6. The van der Waals surface area contributed by atoms with Crippen LogP contribution in [0.25, 0.3) is 0 Å². The SMILES string of the molecule is CC(C)(C)N(C(=O)O)[C@@H](Cc1ccccc1)[C@H](O)CNC[C@@H](O)[C@H](Cc1ccccc1)NC(=O)[C@H](O)c1ccccc1. The standard InChI is InChI=1S/C33H43N3O6/c1-33(2,3)36(32(41)42)27(20-24-15-9-5-10-16-24)29(38)22-34-21-28(37)26(19-23-13-7-4-8-14-23)35-31(40)30(39)25-17-11-6-12-18-25/h4-18,26-30,34,37-39H,19-22H2,1-3H3,(H,35,40)(H,41,42)/t26-,27-,28+,29+,30+/m0/s1. The number of aliphatic hydroxyl groups excluding tert-OH is 3. The molecule has 5 atom stereocenters. The number of nitrogens with zero attached hydrogens (tertiary/aromatic N) is 1. The number of carbonyl (C=O) groups is 2. The number of nitrogens with one attached hydrogen (secondary N) is 2. The first-order valence-electron chi connectivity index (χ1n) is 14.2. The molecule has 9 nitrogen and oxygen atoms in total. The summed E-state index contributed by atoms with van der Waals surface area (Å²) in [6, 6.07) is 25.8. The maximum Gasteiger partial charge on any atom is 0.408 e. The zero-order valence-electron chi connectivity index (χ0n) is 24.4. The summed E-state index contributed by atoms with van der Waals surface area (Å²) < 4.78 is 0. The van der Waals surface area contributed by atoms with Crippen molar-refractivity contribution in [2.45, 2.75) is 69.5 Å². The number of amides is 2. The molecule has 0 spiro atoms. The molecule has 0 unspecified atom stereocenters. The van der Waals surface area contributed by atoms with Crippen LogP contribution in [0.4, 0.5) is 4.79 Å². The number of rotatable bonds is 14. The average Bonchev–Trinajstić information content (AvgIpc) is 2.96. The van der Waals surface area contributed by atoms with Gasteiger partial charge >= 0.3 is 6.09 Å². The monoisotopic (exact) mass is 577 g/mol. The average molecular weight is 578 g/mol. The molecule has 0 aliphatic carbocycles. The second kappa shape index (κ2) is 15.5. The lowest BCUT2D eigenvalue weighted by molar-refractivity contribution is -0.131. The summed E-state index contributed by atoms with van der Waals surface area (Å²) in [5.74, 6) is -0.633. The zero-order valence-corrected chi connectivity index (χ0v) is 24.4. The van der Waals surface area contributed by atoms with E-state index in [0.29, 0.717) is 18.4 Å². The molecule has 9 heteroatoms. The van der Waals surface area contributed by atoms with E-state index < -0.39 is 47.9 Å². The first-order chi connectivity index (χ1) is 20.0. The number of benzene rings is 3. The van der Waals surface area contributed by atoms with Gasteiger partial charge < -0.3 is 31.1 Å². The molecule has 3 aromatic carbocycles. The Morgan fingerprint density at radius 3 is 1.71 bits per heavy atom. The Morgan fingerprint density at radius 1 is 0.738 bits per heavy atom. The Bertz CT molecular complexity index is 1240. The van der Waals surface area contributed by atoms with Gasteiger partial charge in [-0.3, -0.25) is 9.69 Å². The molecule has 0 radical (unpaired) electrons. The normalized spacial score (nSPS) is 15.2. The molecule has 0 fully saturated rings. The Balaban J connectivity index is 1.71. The van der Waals surface area contributed by atoms with Crippen molar-refractivity contribution in [2.24, 2.45) is 0 Å². The first-order valence-corrected chi connectivity index (χ1v) is 14.2. The third-order valence-electron chi connectivity index (χ3n) is 7.15. The van der Waals surface area contributed by atoms with Gasteiger partial charge in [-0.1, -0.05) is 91.0 Å². The van der Waals surface area contributed by atoms with Crippen LogP contribution >= 0.6 is 0 Å². The van der Waals surface area contributed by atoms with Crippen LogP contribution in [-0.4, -0.2) is 80.2 Å². The summed E-state index contributed by atoms with van der Waals surface area (Å²) in [5, 5.41) is 48.8. The largest absolute Gasteiger partial charge is 0.465 e. The fourth-order valence-corrected chi connectivity index (χ4v) is 5.04. The predicted octanol–water partition coefficient (Wildman–Crippen LogP) is 3.15. The smallest absolute Gasteiger partial charge is 0.408 e. The summed E-state index contributed by atoms with van der Waals surface area (Å²) in [5.41, 5.74) is 1.45. The van der Waals surface area contributed by atoms with Crippen molar-refractivity contribution in [3.05, 3.63) is 108 Å². The van der Waals surface area contributed by atoms with Crippen molar-refractivity contribution in [3.8, 4) is 0 Å². The highest BCUT2D eigenvalue weighted by molar-refractivity contribution is 5.82. The van der Waals surface area contributed by atoms with Crippen molar-refractivity contribution in [2.75, 3.05) is 13.1 Å². The molecule has 6 N–H and O–H groups in total. The molecule has 0 aromatic heterocycles. The molecule has 0 saturated heterocycles. The lowest BCUT2D eigenvalue weighted by Gasteiger charge is -2.42. The number of aliphatic hydroxyl groups is 3. The highest BCUT2D eigenvalue weighted by Gasteiger charge is 2.37. The molecule has 42 heavy (non-hydrogen) atoms. The van der Waals surface area contributed by atoms with E-state index in [4.69, 9.17) is 0 Å². The van der Waals surface area contributed by atoms with Gasteiger partial charge in [-0.2, -0.15) is 0 Å². The number of hydrogen-bond acceptors (Lipinski definition) is 6. The molecule has 0 aliphatic heterocycles. The lowest BCUT2D eigenvalue weighted by atomic mass is 9.94. The third kappa shape index (κ3) is 9.66. The molecule has 3 aromatic rings. The highest BCUT2D eigenvalue weighted by Crippen LogP contribution is 2.23. The maximum absolute atomic E-state index is 12.9. The predicted molar refractivity (Wildman–Crippen MR) is 162 cm³/mol. The van der Waals surface area contributed by atoms with Gasteiger partial charge in [0.15, 0.2) is 6.10 Å². The fourth-order valence-electron chi connectivity index (χ4n) is 5.04. The van der Waals surface area contributed by atoms with Crippen LogP contribution in [0, 0.1) is 0 Å². The molecule has 0 saturated carbocycles. The zero-order chi connectivity index (χ0) is 30.7. The van der Waals surface area contributed by atoms with E-state index in [2.05, 4.69) is 10.6 Å². The fraction of sp³-hybridized carbons (Fsp3) is 0.394. The Hall–Kier alpha value is -3.76. The Kier molecular flexibility index (Phi) is 12.1. The third-order valence-corrected chi connectivity index (χ3v) is 7.15. The molecular formula is C33H43N3O6. The van der Waals surface area contributed by atoms with Crippen molar-refractivity contribution >= 4 is 12.0 Å². The van der Waals surface area contributed by atoms with Gasteiger partial charge in [0, 0.05) is 18.6 Å². The van der Waals surface area contributed by atoms with E-state index in [9.17, 15) is 30.0 Å². The summed E-state index contributed by atoms with van der Waals surface area (Å²) in [6.07, 6.45) is -4.08. The Labute approximate surface area is 247 Å². The lowest BCUT2D eigenvalue weighted by Crippen LogP contribution is -2.58. The van der Waals surface area contributed by atoms with E-state index in [-0.39, 0.29) is 13.1 Å². The first kappa shape index (κ1) is 32.8. The molecule has 0 heterocycles. The van der Waals surface area contributed by atoms with Crippen LogP contribution in [0.2, 0.25) is 0 Å². The van der Waals surface area contributed by atoms with Gasteiger partial charge in [0.25, 0.3) is 5.91 Å². The molecule has 0 aliphatic rings. The second-order valence-corrected chi connectivity index (χ2v) is 11.5. The van der Waals surface area contributed by atoms with Crippen LogP contribution in [0.5, 0.6) is 0 Å². The van der Waals surface area contributed by atoms with Gasteiger partial charge in [0.1, 0.15) is 0 Å². The topological polar surface area (TPSA) is 142 Å². The van der Waals surface area contributed by atoms with E-state index in [1.807, 2.05) is 60.7 Å². The van der Waals surface area contributed by atoms with Crippen molar-refractivity contribution < 1.29 is 30.0 Å². The van der Waals surface area contributed by atoms with Crippen molar-refractivity contribution in [1.82, 2.24) is 15.5 Å². The molecule has 2 amide bonds. The van der Waals surface area contributed by atoms with Crippen LogP contribution in [0.1, 0.15) is 43.6 Å². The van der Waals surface area contributed by atoms with E-state index in [0.717, 1.165) is 11.1 Å². The second-order valence-electron chi connectivity index (χ2n) is 11.5. The Morgan fingerprint density at radius 2 is 1.21 bits per heavy atom. The maximum atomic E-state index is 12.9. The van der Waals surface area contributed by atoms with Gasteiger partial charge in [-0.25, -0.2) is 4.79 Å². The van der Waals surface area contributed by atoms with Crippen LogP contribution in [0.3, 0.4) is 0 Å². The van der Waals surface area contributed by atoms with Crippen LogP contribution in [0.15, 0.2) is 91.0 Å². The number of carbonyl (C=O) groups excluding carboxylic acids is 1. The molecule has 226 valence electrons. The van der Waals surface area contributed by atoms with Crippen LogP contribution < -0.4 is 10.6 Å². The quantitative estimate of drug-likeness (QED) is 0.173. The summed E-state index contributed by atoms with van der Waals surface area (Å²) in [7, 11) is 0. The van der Waals surface area contributed by atoms with E-state index >= 15 is 0 Å². The van der Waals surface area contributed by atoms with Gasteiger partial charge in [0.05, 0.1) is 24.3 Å². The van der Waals surface area contributed by atoms with Crippen molar-refractivity contribution in [3.63, 3.8) is 0 Å².